The van der Waals surface area contributed by atoms with Gasteiger partial charge in [-0.05, 0) is 47.0 Å². The summed E-state index contributed by atoms with van der Waals surface area (Å²) in [5.74, 6) is 0.855. The van der Waals surface area contributed by atoms with Crippen molar-refractivity contribution < 1.29 is 0 Å². The molecule has 0 amide bonds. The number of nitrogens with one attached hydrogen (secondary N) is 1. The first kappa shape index (κ1) is 14.0. The molecule has 0 saturated carbocycles. The summed E-state index contributed by atoms with van der Waals surface area (Å²) in [5.41, 5.74) is 0. The van der Waals surface area contributed by atoms with Crippen molar-refractivity contribution in [1.29, 1.82) is 0 Å². The minimum Gasteiger partial charge on any atom is -0.341 e. The van der Waals surface area contributed by atoms with E-state index >= 15 is 0 Å². The van der Waals surface area contributed by atoms with Gasteiger partial charge in [0, 0.05) is 42.9 Å². The number of aromatic nitrogens is 2. The summed E-state index contributed by atoms with van der Waals surface area (Å²) in [7, 11) is 0. The summed E-state index contributed by atoms with van der Waals surface area (Å²) in [6, 6.07) is 6.73. The molecule has 1 aliphatic rings. The molecule has 2 aromatic heterocycles. The third-order valence-electron chi connectivity index (χ3n) is 3.52. The molecule has 0 aromatic carbocycles. The Bertz CT molecular complexity index is 537. The molecule has 0 bridgehead atoms. The third-order valence-corrected chi connectivity index (χ3v) is 5.15. The van der Waals surface area contributed by atoms with Crippen LogP contribution >= 0.6 is 27.3 Å². The van der Waals surface area contributed by atoms with Crippen molar-refractivity contribution in [3.05, 3.63) is 39.3 Å². The zero-order chi connectivity index (χ0) is 13.8. The maximum Gasteiger partial charge on any atom is 0.225 e. The Balaban J connectivity index is 1.47. The smallest absolute Gasteiger partial charge is 0.225 e. The SMILES string of the molecule is Brc1ccc(CNC2CCN(c3ncccn3)CC2)s1. The number of hydrogen-bond donors (Lipinski definition) is 1. The molecule has 1 aliphatic heterocycles. The van der Waals surface area contributed by atoms with E-state index in [4.69, 9.17) is 0 Å². The van der Waals surface area contributed by atoms with Crippen LogP contribution in [0.5, 0.6) is 0 Å². The summed E-state index contributed by atoms with van der Waals surface area (Å²) in [5, 5.41) is 3.65. The van der Waals surface area contributed by atoms with Crippen LogP contribution in [0.2, 0.25) is 0 Å². The van der Waals surface area contributed by atoms with Crippen LogP contribution in [0.25, 0.3) is 0 Å². The lowest BCUT2D eigenvalue weighted by Crippen LogP contribution is -2.42. The molecule has 3 rings (SSSR count). The molecule has 1 saturated heterocycles. The van der Waals surface area contributed by atoms with E-state index in [9.17, 15) is 0 Å². The van der Waals surface area contributed by atoms with Crippen LogP contribution in [-0.4, -0.2) is 29.1 Å². The summed E-state index contributed by atoms with van der Waals surface area (Å²) in [4.78, 5) is 12.3. The van der Waals surface area contributed by atoms with E-state index in [1.807, 2.05) is 6.07 Å². The first-order valence-corrected chi connectivity index (χ1v) is 8.42. The van der Waals surface area contributed by atoms with Gasteiger partial charge >= 0.3 is 0 Å². The fourth-order valence-electron chi connectivity index (χ4n) is 2.43. The molecule has 4 nitrogen and oxygen atoms in total. The maximum absolute atomic E-state index is 4.31. The lowest BCUT2D eigenvalue weighted by Gasteiger charge is -2.32. The Morgan fingerprint density at radius 3 is 2.65 bits per heavy atom. The van der Waals surface area contributed by atoms with Gasteiger partial charge in [-0.15, -0.1) is 11.3 Å². The van der Waals surface area contributed by atoms with Crippen molar-refractivity contribution in [3.8, 4) is 0 Å². The summed E-state index contributed by atoms with van der Waals surface area (Å²) in [6.45, 7) is 3.01. The van der Waals surface area contributed by atoms with Gasteiger partial charge in [0.05, 0.1) is 3.79 Å². The molecule has 3 heterocycles. The number of nitrogens with zero attached hydrogens (tertiary/aromatic N) is 3. The minimum atomic E-state index is 0.593. The van der Waals surface area contributed by atoms with Crippen LogP contribution in [0.15, 0.2) is 34.4 Å². The van der Waals surface area contributed by atoms with Gasteiger partial charge in [-0.2, -0.15) is 0 Å². The molecular formula is C14H17BrN4S. The molecule has 2 aromatic rings. The zero-order valence-electron chi connectivity index (χ0n) is 11.1. The Morgan fingerprint density at radius 1 is 1.25 bits per heavy atom. The van der Waals surface area contributed by atoms with Crippen LogP contribution < -0.4 is 10.2 Å². The van der Waals surface area contributed by atoms with Crippen molar-refractivity contribution in [2.75, 3.05) is 18.0 Å². The van der Waals surface area contributed by atoms with Gasteiger partial charge in [-0.25, -0.2) is 9.97 Å². The molecule has 1 N–H and O–H groups in total. The summed E-state index contributed by atoms with van der Waals surface area (Å²) >= 11 is 5.30. The molecular weight excluding hydrogens is 336 g/mol. The lowest BCUT2D eigenvalue weighted by molar-refractivity contribution is 0.412. The van der Waals surface area contributed by atoms with E-state index in [-0.39, 0.29) is 0 Å². The third kappa shape index (κ3) is 3.56. The van der Waals surface area contributed by atoms with Gasteiger partial charge in [0.1, 0.15) is 0 Å². The van der Waals surface area contributed by atoms with Gasteiger partial charge in [-0.1, -0.05) is 0 Å². The van der Waals surface area contributed by atoms with Gasteiger partial charge in [0.25, 0.3) is 0 Å². The van der Waals surface area contributed by atoms with E-state index in [1.54, 1.807) is 23.7 Å². The van der Waals surface area contributed by atoms with Crippen LogP contribution in [0.3, 0.4) is 0 Å². The number of hydrogen-bond acceptors (Lipinski definition) is 5. The topological polar surface area (TPSA) is 41.0 Å². The fraction of sp³-hybridized carbons (Fsp3) is 0.429. The van der Waals surface area contributed by atoms with Crippen molar-refractivity contribution in [1.82, 2.24) is 15.3 Å². The maximum atomic E-state index is 4.31. The number of rotatable bonds is 4. The number of piperidine rings is 1. The van der Waals surface area contributed by atoms with Crippen molar-refractivity contribution in [2.45, 2.75) is 25.4 Å². The van der Waals surface area contributed by atoms with Crippen LogP contribution in [0.4, 0.5) is 5.95 Å². The Morgan fingerprint density at radius 2 is 2.00 bits per heavy atom. The van der Waals surface area contributed by atoms with Gasteiger partial charge < -0.3 is 10.2 Å². The Labute approximate surface area is 131 Å². The number of anilines is 1. The molecule has 20 heavy (non-hydrogen) atoms. The van der Waals surface area contributed by atoms with Crippen molar-refractivity contribution in [3.63, 3.8) is 0 Å². The first-order chi connectivity index (χ1) is 9.81. The molecule has 106 valence electrons. The second kappa shape index (κ2) is 6.65. The normalized spacial score (nSPS) is 16.6. The molecule has 0 spiro atoms. The molecule has 1 fully saturated rings. The average Bonchev–Trinajstić information content (AvgIpc) is 2.92. The molecule has 0 aliphatic carbocycles. The second-order valence-corrected chi connectivity index (χ2v) is 7.44. The molecule has 0 unspecified atom stereocenters. The summed E-state index contributed by atoms with van der Waals surface area (Å²) in [6.07, 6.45) is 5.90. The van der Waals surface area contributed by atoms with Gasteiger partial charge in [-0.3, -0.25) is 0 Å². The lowest BCUT2D eigenvalue weighted by atomic mass is 10.1. The monoisotopic (exact) mass is 352 g/mol. The fourth-order valence-corrected chi connectivity index (χ4v) is 3.86. The van der Waals surface area contributed by atoms with E-state index in [2.05, 4.69) is 48.2 Å². The predicted molar refractivity (Wildman–Crippen MR) is 86.1 cm³/mol. The van der Waals surface area contributed by atoms with Gasteiger partial charge in [0.15, 0.2) is 0 Å². The summed E-state index contributed by atoms with van der Waals surface area (Å²) < 4.78 is 1.20. The quantitative estimate of drug-likeness (QED) is 0.917. The first-order valence-electron chi connectivity index (χ1n) is 6.81. The Kier molecular flexibility index (Phi) is 4.65. The average molecular weight is 353 g/mol. The van der Waals surface area contributed by atoms with Crippen LogP contribution in [0, 0.1) is 0 Å². The second-order valence-electron chi connectivity index (χ2n) is 4.90. The number of halogens is 1. The largest absolute Gasteiger partial charge is 0.341 e. The highest BCUT2D eigenvalue weighted by atomic mass is 79.9. The molecule has 6 heteroatoms. The van der Waals surface area contributed by atoms with Crippen LogP contribution in [-0.2, 0) is 6.54 Å². The zero-order valence-corrected chi connectivity index (χ0v) is 13.5. The predicted octanol–water partition coefficient (Wildman–Crippen LogP) is 3.06. The number of thiophene rings is 1. The standard InChI is InChI=1S/C14H17BrN4S/c15-13-3-2-12(20-13)10-18-11-4-8-19(9-5-11)14-16-6-1-7-17-14/h1-3,6-7,11,18H,4-5,8-10H2. The highest BCUT2D eigenvalue weighted by Gasteiger charge is 2.20. The van der Waals surface area contributed by atoms with Crippen LogP contribution in [0.1, 0.15) is 17.7 Å². The van der Waals surface area contributed by atoms with E-state index in [0.717, 1.165) is 38.4 Å². The minimum absolute atomic E-state index is 0.593. The van der Waals surface area contributed by atoms with E-state index < -0.39 is 0 Å². The highest BCUT2D eigenvalue weighted by Crippen LogP contribution is 2.22. The van der Waals surface area contributed by atoms with E-state index in [1.165, 1.54) is 8.66 Å². The van der Waals surface area contributed by atoms with Crippen molar-refractivity contribution >= 4 is 33.2 Å². The molecule has 0 radical (unpaired) electrons. The van der Waals surface area contributed by atoms with Crippen molar-refractivity contribution in [2.24, 2.45) is 0 Å². The van der Waals surface area contributed by atoms with Gasteiger partial charge in [0.2, 0.25) is 5.95 Å². The highest BCUT2D eigenvalue weighted by molar-refractivity contribution is 9.11. The van der Waals surface area contributed by atoms with E-state index in [0.29, 0.717) is 6.04 Å². The molecule has 0 atom stereocenters. The Hall–Kier alpha value is -0.980.